The highest BCUT2D eigenvalue weighted by molar-refractivity contribution is 9.10. The average Bonchev–Trinajstić information content (AvgIpc) is 2.41. The van der Waals surface area contributed by atoms with Gasteiger partial charge in [-0.3, -0.25) is 0 Å². The van der Waals surface area contributed by atoms with Crippen LogP contribution in [-0.2, 0) is 11.3 Å². The quantitative estimate of drug-likeness (QED) is 0.677. The lowest BCUT2D eigenvalue weighted by atomic mass is 10.2. The fourth-order valence-electron chi connectivity index (χ4n) is 1.52. The first-order chi connectivity index (χ1) is 9.08. The predicted molar refractivity (Wildman–Crippen MR) is 79.1 cm³/mol. The van der Waals surface area contributed by atoms with Crippen molar-refractivity contribution in [1.82, 2.24) is 0 Å². The van der Waals surface area contributed by atoms with Crippen molar-refractivity contribution in [2.75, 3.05) is 5.73 Å². The Labute approximate surface area is 124 Å². The molecule has 98 valence electrons. The van der Waals surface area contributed by atoms with Gasteiger partial charge in [0.1, 0.15) is 6.61 Å². The Bertz CT molecular complexity index is 599. The van der Waals surface area contributed by atoms with Crippen LogP contribution in [0.5, 0.6) is 0 Å². The second kappa shape index (κ2) is 6.08. The highest BCUT2D eigenvalue weighted by Gasteiger charge is 2.13. The minimum Gasteiger partial charge on any atom is -0.457 e. The molecule has 0 aliphatic carbocycles. The molecule has 0 atom stereocenters. The summed E-state index contributed by atoms with van der Waals surface area (Å²) < 4.78 is 6.17. The average molecular weight is 341 g/mol. The summed E-state index contributed by atoms with van der Waals surface area (Å²) in [5.41, 5.74) is 7.16. The first kappa shape index (κ1) is 13.9. The number of hydrogen-bond donors (Lipinski definition) is 1. The van der Waals surface area contributed by atoms with Crippen LogP contribution in [0.25, 0.3) is 0 Å². The Morgan fingerprint density at radius 1 is 1.21 bits per heavy atom. The Morgan fingerprint density at radius 2 is 1.89 bits per heavy atom. The molecule has 0 spiro atoms. The minimum absolute atomic E-state index is 0.193. The molecule has 0 fully saturated rings. The third-order valence-corrected chi connectivity index (χ3v) is 3.41. The van der Waals surface area contributed by atoms with Crippen molar-refractivity contribution in [1.29, 1.82) is 0 Å². The van der Waals surface area contributed by atoms with Crippen molar-refractivity contribution in [2.24, 2.45) is 0 Å². The molecule has 0 saturated carbocycles. The van der Waals surface area contributed by atoms with E-state index < -0.39 is 5.97 Å². The molecular weight excluding hydrogens is 330 g/mol. The van der Waals surface area contributed by atoms with E-state index in [1.54, 1.807) is 18.2 Å². The maximum Gasteiger partial charge on any atom is 0.340 e. The summed E-state index contributed by atoms with van der Waals surface area (Å²) in [6.45, 7) is 0.193. The van der Waals surface area contributed by atoms with Gasteiger partial charge >= 0.3 is 5.97 Å². The van der Waals surface area contributed by atoms with Gasteiger partial charge in [0.15, 0.2) is 0 Å². The molecule has 5 heteroatoms. The zero-order chi connectivity index (χ0) is 13.8. The molecule has 0 aliphatic heterocycles. The number of nitrogens with two attached hydrogens (primary N) is 1. The van der Waals surface area contributed by atoms with Crippen molar-refractivity contribution < 1.29 is 9.53 Å². The van der Waals surface area contributed by atoms with Crippen LogP contribution < -0.4 is 5.73 Å². The van der Waals surface area contributed by atoms with Gasteiger partial charge in [-0.15, -0.1) is 0 Å². The Balaban J connectivity index is 2.05. The lowest BCUT2D eigenvalue weighted by Gasteiger charge is -2.08. The molecule has 0 aromatic heterocycles. The predicted octanol–water partition coefficient (Wildman–Crippen LogP) is 4.04. The molecule has 0 saturated heterocycles. The van der Waals surface area contributed by atoms with Crippen LogP contribution in [0.2, 0.25) is 5.02 Å². The summed E-state index contributed by atoms with van der Waals surface area (Å²) in [6.07, 6.45) is 0. The standard InChI is InChI=1S/C14H11BrClNO2/c15-10-6-4-9(5-7-10)8-19-14(18)11-2-1-3-12(16)13(11)17/h1-7H,8,17H2. The zero-order valence-electron chi connectivity index (χ0n) is 9.90. The van der Waals surface area contributed by atoms with Crippen LogP contribution in [0, 0.1) is 0 Å². The highest BCUT2D eigenvalue weighted by atomic mass is 79.9. The van der Waals surface area contributed by atoms with E-state index in [1.165, 1.54) is 0 Å². The Hall–Kier alpha value is -1.52. The minimum atomic E-state index is -0.483. The first-order valence-corrected chi connectivity index (χ1v) is 6.70. The van der Waals surface area contributed by atoms with Gasteiger partial charge in [0.25, 0.3) is 0 Å². The van der Waals surface area contributed by atoms with E-state index in [4.69, 9.17) is 22.1 Å². The molecule has 0 unspecified atom stereocenters. The van der Waals surface area contributed by atoms with E-state index in [-0.39, 0.29) is 17.9 Å². The maximum absolute atomic E-state index is 11.9. The number of carbonyl (C=O) groups is 1. The summed E-state index contributed by atoms with van der Waals surface area (Å²) in [7, 11) is 0. The molecule has 2 aromatic carbocycles. The van der Waals surface area contributed by atoms with Crippen molar-refractivity contribution >= 4 is 39.2 Å². The number of halogens is 2. The van der Waals surface area contributed by atoms with Crippen molar-refractivity contribution in [3.8, 4) is 0 Å². The summed E-state index contributed by atoms with van der Waals surface area (Å²) >= 11 is 9.20. The number of nitrogen functional groups attached to an aromatic ring is 1. The van der Waals surface area contributed by atoms with Crippen molar-refractivity contribution in [2.45, 2.75) is 6.61 Å². The molecule has 0 amide bonds. The second-order valence-electron chi connectivity index (χ2n) is 3.90. The number of rotatable bonds is 3. The molecule has 19 heavy (non-hydrogen) atoms. The van der Waals surface area contributed by atoms with Crippen molar-refractivity contribution in [3.05, 3.63) is 63.1 Å². The summed E-state index contributed by atoms with van der Waals surface area (Å²) in [4.78, 5) is 11.9. The molecule has 3 nitrogen and oxygen atoms in total. The number of esters is 1. The summed E-state index contributed by atoms with van der Waals surface area (Å²) in [6, 6.07) is 12.4. The number of para-hydroxylation sites is 1. The number of anilines is 1. The number of carbonyl (C=O) groups excluding carboxylic acids is 1. The second-order valence-corrected chi connectivity index (χ2v) is 5.23. The largest absolute Gasteiger partial charge is 0.457 e. The molecule has 2 rings (SSSR count). The fourth-order valence-corrected chi connectivity index (χ4v) is 1.96. The third kappa shape index (κ3) is 3.49. The number of ether oxygens (including phenoxy) is 1. The van der Waals surface area contributed by atoms with Gasteiger partial charge in [0, 0.05) is 4.47 Å². The van der Waals surface area contributed by atoms with E-state index in [9.17, 15) is 4.79 Å². The van der Waals surface area contributed by atoms with Crippen molar-refractivity contribution in [3.63, 3.8) is 0 Å². The lowest BCUT2D eigenvalue weighted by Crippen LogP contribution is -2.08. The van der Waals surface area contributed by atoms with Crippen LogP contribution >= 0.6 is 27.5 Å². The maximum atomic E-state index is 11.9. The van der Waals surface area contributed by atoms with Crippen LogP contribution in [-0.4, -0.2) is 5.97 Å². The van der Waals surface area contributed by atoms with Crippen LogP contribution in [0.3, 0.4) is 0 Å². The van der Waals surface area contributed by atoms with Gasteiger partial charge < -0.3 is 10.5 Å². The molecule has 0 aliphatic rings. The monoisotopic (exact) mass is 339 g/mol. The highest BCUT2D eigenvalue weighted by Crippen LogP contribution is 2.23. The van der Waals surface area contributed by atoms with Gasteiger partial charge in [0.2, 0.25) is 0 Å². The number of benzene rings is 2. The van der Waals surface area contributed by atoms with Gasteiger partial charge in [-0.25, -0.2) is 4.79 Å². The number of hydrogen-bond acceptors (Lipinski definition) is 3. The molecular formula is C14H11BrClNO2. The van der Waals surface area contributed by atoms with Gasteiger partial charge in [0.05, 0.1) is 16.3 Å². The molecule has 2 N–H and O–H groups in total. The summed E-state index contributed by atoms with van der Waals surface area (Å²) in [5, 5.41) is 0.345. The summed E-state index contributed by atoms with van der Waals surface area (Å²) in [5.74, 6) is -0.483. The van der Waals surface area contributed by atoms with Crippen LogP contribution in [0.1, 0.15) is 15.9 Å². The molecule has 0 radical (unpaired) electrons. The van der Waals surface area contributed by atoms with Gasteiger partial charge in [-0.05, 0) is 29.8 Å². The SMILES string of the molecule is Nc1c(Cl)cccc1C(=O)OCc1ccc(Br)cc1. The molecule has 0 bridgehead atoms. The molecule has 2 aromatic rings. The lowest BCUT2D eigenvalue weighted by molar-refractivity contribution is 0.0474. The molecule has 0 heterocycles. The Kier molecular flexibility index (Phi) is 4.45. The van der Waals surface area contributed by atoms with E-state index in [1.807, 2.05) is 24.3 Å². The van der Waals surface area contributed by atoms with E-state index in [0.717, 1.165) is 10.0 Å². The topological polar surface area (TPSA) is 52.3 Å². The van der Waals surface area contributed by atoms with Crippen LogP contribution in [0.4, 0.5) is 5.69 Å². The van der Waals surface area contributed by atoms with Crippen LogP contribution in [0.15, 0.2) is 46.9 Å². The Morgan fingerprint density at radius 3 is 2.58 bits per heavy atom. The van der Waals surface area contributed by atoms with Gasteiger partial charge in [-0.1, -0.05) is 45.7 Å². The van der Waals surface area contributed by atoms with Gasteiger partial charge in [-0.2, -0.15) is 0 Å². The smallest absolute Gasteiger partial charge is 0.340 e. The normalized spacial score (nSPS) is 10.2. The zero-order valence-corrected chi connectivity index (χ0v) is 12.2. The van der Waals surface area contributed by atoms with E-state index in [0.29, 0.717) is 5.02 Å². The van der Waals surface area contributed by atoms with E-state index in [2.05, 4.69) is 15.9 Å². The first-order valence-electron chi connectivity index (χ1n) is 5.53. The third-order valence-electron chi connectivity index (χ3n) is 2.56. The van der Waals surface area contributed by atoms with E-state index >= 15 is 0 Å². The fraction of sp³-hybridized carbons (Fsp3) is 0.0714.